The van der Waals surface area contributed by atoms with Gasteiger partial charge in [0, 0.05) is 48.9 Å². The number of ketones is 1. The van der Waals surface area contributed by atoms with Gasteiger partial charge in [0.2, 0.25) is 23.6 Å². The van der Waals surface area contributed by atoms with Gasteiger partial charge >= 0.3 is 17.8 Å². The van der Waals surface area contributed by atoms with Gasteiger partial charge in [-0.05, 0) is 61.6 Å². The van der Waals surface area contributed by atoms with Crippen molar-refractivity contribution in [3.8, 4) is 23.4 Å². The number of benzene rings is 2. The molecule has 4 rings (SSSR count). The van der Waals surface area contributed by atoms with Gasteiger partial charge in [0.1, 0.15) is 24.1 Å². The lowest BCUT2D eigenvalue weighted by molar-refractivity contribution is -0.679. The number of hydrogen-bond acceptors (Lipinski definition) is 15. The number of anilines is 3. The summed E-state index contributed by atoms with van der Waals surface area (Å²) in [4.78, 5) is 90.7. The first-order valence-electron chi connectivity index (χ1n) is 24.2. The van der Waals surface area contributed by atoms with Crippen LogP contribution in [0.1, 0.15) is 76.5 Å². The Labute approximate surface area is 425 Å². The monoisotopic (exact) mass is 1020 g/mol. The molecule has 0 bridgehead atoms. The van der Waals surface area contributed by atoms with Gasteiger partial charge in [0.15, 0.2) is 11.3 Å². The number of nitrogens with two attached hydrogens (primary N) is 2. The van der Waals surface area contributed by atoms with E-state index < -0.39 is 35.7 Å². The zero-order chi connectivity index (χ0) is 53.5. The standard InChI is InChI=1S/C51H69N9O13/c1-7-73-50-39(30-52)40(53)29-43(57-45(63)28-36-26-38(68-5)14-15-42(36)69-6)60(50)31-34-10-12-37(13-11-34)56-48(65)35(9-8-17-55-51(54)67)27-41(61)47(32(2)3)58-44(62)16-19-70-21-23-72-24-22-71-20-18-59-46(64)25-33(4)49(59)66/h10-15,26,29,32-33,35,47H,7-9,16-25,27-28,31H2,1-6H3,(H7,53,54,55,56,57,58,62,63,65,67)/p+1/t33?,35-,47+/m1/s1. The van der Waals surface area contributed by atoms with E-state index in [0.29, 0.717) is 34.7 Å². The van der Waals surface area contributed by atoms with Gasteiger partial charge in [-0.25, -0.2) is 14.9 Å². The summed E-state index contributed by atoms with van der Waals surface area (Å²) in [6.45, 7) is 9.01. The second kappa shape index (κ2) is 29.9. The Balaban J connectivity index is 1.34. The number of pyridine rings is 1. The molecule has 73 heavy (non-hydrogen) atoms. The Morgan fingerprint density at radius 2 is 1.59 bits per heavy atom. The molecule has 22 heteroatoms. The second-order valence-electron chi connectivity index (χ2n) is 17.6. The van der Waals surface area contributed by atoms with Crippen LogP contribution in [0.2, 0.25) is 0 Å². The summed E-state index contributed by atoms with van der Waals surface area (Å²) in [5, 5.41) is 21.1. The molecule has 2 aromatic carbocycles. The molecule has 22 nitrogen and oxygen atoms in total. The number of methoxy groups -OCH3 is 2. The van der Waals surface area contributed by atoms with Crippen molar-refractivity contribution in [2.45, 2.75) is 78.8 Å². The molecule has 1 unspecified atom stereocenters. The van der Waals surface area contributed by atoms with Gasteiger partial charge in [-0.2, -0.15) is 9.83 Å². The fourth-order valence-electron chi connectivity index (χ4n) is 7.89. The van der Waals surface area contributed by atoms with Gasteiger partial charge in [-0.1, -0.05) is 32.9 Å². The third-order valence-electron chi connectivity index (χ3n) is 11.7. The van der Waals surface area contributed by atoms with Crippen molar-refractivity contribution in [1.82, 2.24) is 15.5 Å². The van der Waals surface area contributed by atoms with Gasteiger partial charge in [-0.15, -0.1) is 0 Å². The number of nitrogens with zero attached hydrogens (tertiary/aromatic N) is 3. The molecule has 3 aromatic rings. The Morgan fingerprint density at radius 3 is 2.19 bits per heavy atom. The van der Waals surface area contributed by atoms with Crippen LogP contribution in [0.3, 0.4) is 0 Å². The summed E-state index contributed by atoms with van der Waals surface area (Å²) >= 11 is 0. The lowest BCUT2D eigenvalue weighted by Crippen LogP contribution is -2.45. The van der Waals surface area contributed by atoms with Crippen molar-refractivity contribution in [1.29, 1.82) is 5.26 Å². The molecule has 0 radical (unpaired) electrons. The van der Waals surface area contributed by atoms with Gasteiger partial charge in [0.25, 0.3) is 5.82 Å². The third kappa shape index (κ3) is 18.3. The van der Waals surface area contributed by atoms with Crippen molar-refractivity contribution in [2.75, 3.05) is 89.9 Å². The predicted molar refractivity (Wildman–Crippen MR) is 267 cm³/mol. The number of ether oxygens (including phenoxy) is 6. The van der Waals surface area contributed by atoms with Crippen molar-refractivity contribution >= 4 is 58.5 Å². The van der Waals surface area contributed by atoms with Crippen LogP contribution < -0.4 is 51.5 Å². The lowest BCUT2D eigenvalue weighted by atomic mass is 9.89. The Hall–Kier alpha value is -7.35. The van der Waals surface area contributed by atoms with E-state index in [9.17, 15) is 38.8 Å². The van der Waals surface area contributed by atoms with Crippen LogP contribution in [0, 0.1) is 29.1 Å². The van der Waals surface area contributed by atoms with E-state index in [-0.39, 0.29) is 150 Å². The number of urea groups is 1. The maximum atomic E-state index is 13.9. The quantitative estimate of drug-likeness (QED) is 0.0298. The van der Waals surface area contributed by atoms with Gasteiger partial charge in [0.05, 0.1) is 91.2 Å². The van der Waals surface area contributed by atoms with Crippen molar-refractivity contribution < 1.29 is 66.6 Å². The number of carbonyl (C=O) groups is 7. The molecule has 0 spiro atoms. The van der Waals surface area contributed by atoms with Crippen LogP contribution in [0.25, 0.3) is 0 Å². The number of imide groups is 1. The molecule has 1 aromatic heterocycles. The molecule has 3 atom stereocenters. The number of Topliss-reactive ketones (excluding diaryl/α,β-unsaturated/α-hetero) is 1. The highest BCUT2D eigenvalue weighted by atomic mass is 16.5. The Kier molecular flexibility index (Phi) is 23.8. The molecular weight excluding hydrogens is 947 g/mol. The average molecular weight is 1020 g/mol. The zero-order valence-electron chi connectivity index (χ0n) is 42.5. The number of aromatic nitrogens is 1. The summed E-state index contributed by atoms with van der Waals surface area (Å²) in [7, 11) is 3.02. The fourth-order valence-corrected chi connectivity index (χ4v) is 7.89. The maximum Gasteiger partial charge on any atom is 0.312 e. The van der Waals surface area contributed by atoms with E-state index in [1.807, 2.05) is 0 Å². The first kappa shape index (κ1) is 58.2. The van der Waals surface area contributed by atoms with Gasteiger partial charge in [-0.3, -0.25) is 28.9 Å². The van der Waals surface area contributed by atoms with Crippen LogP contribution in [0.15, 0.2) is 48.5 Å². The number of likely N-dealkylation sites (tertiary alicyclic amines) is 1. The van der Waals surface area contributed by atoms with E-state index in [2.05, 4.69) is 27.3 Å². The minimum atomic E-state index is -0.896. The normalized spacial score (nSPS) is 14.0. The van der Waals surface area contributed by atoms with Crippen LogP contribution in [-0.2, 0) is 55.9 Å². The molecule has 1 saturated heterocycles. The highest BCUT2D eigenvalue weighted by Gasteiger charge is 2.35. The first-order valence-corrected chi connectivity index (χ1v) is 24.2. The first-order chi connectivity index (χ1) is 35.0. The summed E-state index contributed by atoms with van der Waals surface area (Å²) in [5.74, 6) is -2.01. The number of nitrogens with one attached hydrogen (secondary N) is 4. The molecule has 7 amide bonds. The smallest absolute Gasteiger partial charge is 0.312 e. The largest absolute Gasteiger partial charge is 0.497 e. The predicted octanol–water partition coefficient (Wildman–Crippen LogP) is 3.01. The van der Waals surface area contributed by atoms with E-state index in [1.165, 1.54) is 25.2 Å². The average Bonchev–Trinajstić information content (AvgIpc) is 3.60. The van der Waals surface area contributed by atoms with Crippen LogP contribution in [0.4, 0.5) is 22.0 Å². The van der Waals surface area contributed by atoms with Crippen molar-refractivity contribution in [3.05, 3.63) is 65.2 Å². The zero-order valence-corrected chi connectivity index (χ0v) is 42.5. The van der Waals surface area contributed by atoms with E-state index in [0.717, 1.165) is 0 Å². The molecule has 0 aliphatic carbocycles. The number of nitriles is 1. The van der Waals surface area contributed by atoms with E-state index in [4.69, 9.17) is 39.9 Å². The van der Waals surface area contributed by atoms with E-state index >= 15 is 0 Å². The minimum Gasteiger partial charge on any atom is -0.497 e. The summed E-state index contributed by atoms with van der Waals surface area (Å²) < 4.78 is 34.8. The molecule has 1 fully saturated rings. The molecule has 1 aliphatic rings. The second-order valence-corrected chi connectivity index (χ2v) is 17.6. The van der Waals surface area contributed by atoms with Crippen LogP contribution in [-0.4, -0.2) is 126 Å². The number of carbonyl (C=O) groups excluding carboxylic acids is 7. The highest BCUT2D eigenvalue weighted by Crippen LogP contribution is 2.28. The van der Waals surface area contributed by atoms with Crippen molar-refractivity contribution in [3.63, 3.8) is 0 Å². The van der Waals surface area contributed by atoms with Crippen LogP contribution >= 0.6 is 0 Å². The molecular formula is C51H70N9O13+. The molecule has 1 aliphatic heterocycles. The summed E-state index contributed by atoms with van der Waals surface area (Å²) in [6, 6.07) is 13.9. The topological polar surface area (TPSA) is 306 Å². The molecule has 0 saturated carbocycles. The fraction of sp³-hybridized carbons (Fsp3) is 0.510. The Bertz CT molecular complexity index is 2430. The number of nitrogen functional groups attached to an aromatic ring is 1. The van der Waals surface area contributed by atoms with Gasteiger partial charge < -0.3 is 55.8 Å². The maximum absolute atomic E-state index is 13.9. The SMILES string of the molecule is CCOc1c(C#N)c(N)cc(NC(=O)Cc2cc(OC)ccc2OC)[n+]1Cc1ccc(NC(=O)[C@H](CCCNC(N)=O)CC(=O)[C@@H](NC(=O)CCOCCOCCOCCN2C(=O)CC(C)C2=O)C(C)C)cc1. The lowest BCUT2D eigenvalue weighted by Gasteiger charge is -2.24. The van der Waals surface area contributed by atoms with Crippen molar-refractivity contribution in [2.24, 2.45) is 23.5 Å². The number of hydrogen-bond donors (Lipinski definition) is 6. The minimum absolute atomic E-state index is 0.0238. The number of rotatable bonds is 32. The molecule has 396 valence electrons. The molecule has 8 N–H and O–H groups in total. The highest BCUT2D eigenvalue weighted by molar-refractivity contribution is 6.03. The number of primary amides is 1. The van der Waals surface area contributed by atoms with E-state index in [1.54, 1.807) is 74.7 Å². The molecule has 2 heterocycles. The number of amides is 7. The third-order valence-corrected chi connectivity index (χ3v) is 11.7. The van der Waals surface area contributed by atoms with Crippen LogP contribution in [0.5, 0.6) is 17.4 Å². The Morgan fingerprint density at radius 1 is 0.904 bits per heavy atom. The summed E-state index contributed by atoms with van der Waals surface area (Å²) in [6.07, 6.45) is 0.461. The summed E-state index contributed by atoms with van der Waals surface area (Å²) in [5.41, 5.74) is 13.4.